The Hall–Kier alpha value is -1.38. The Balaban J connectivity index is 1.73. The van der Waals surface area contributed by atoms with Crippen molar-refractivity contribution in [1.29, 1.82) is 0 Å². The number of piperidine rings is 1. The molecule has 3 heteroatoms. The number of nitrogens with zero attached hydrogens (tertiary/aromatic N) is 1. The molecule has 3 rings (SSSR count). The topological polar surface area (TPSA) is 20.3 Å². The number of benzene rings is 1. The third kappa shape index (κ3) is 2.58. The lowest BCUT2D eigenvalue weighted by Gasteiger charge is -2.45. The van der Waals surface area contributed by atoms with Crippen LogP contribution in [0, 0.1) is 11.2 Å². The number of hydrogen-bond donors (Lipinski definition) is 0. The number of anilines is 1. The summed E-state index contributed by atoms with van der Waals surface area (Å²) in [5.41, 5.74) is 1.92. The van der Waals surface area contributed by atoms with E-state index in [1.807, 2.05) is 0 Å². The number of carbonyl (C=O) groups excluding carboxylic acids is 1. The van der Waals surface area contributed by atoms with Gasteiger partial charge in [-0.1, -0.05) is 19.3 Å². The molecule has 0 unspecified atom stereocenters. The molecule has 1 aromatic carbocycles. The van der Waals surface area contributed by atoms with Crippen molar-refractivity contribution in [3.05, 3.63) is 29.6 Å². The highest BCUT2D eigenvalue weighted by atomic mass is 19.1. The largest absolute Gasteiger partial charge is 0.371 e. The number of carbonyl (C=O) groups is 1. The summed E-state index contributed by atoms with van der Waals surface area (Å²) in [5, 5.41) is 0. The van der Waals surface area contributed by atoms with Crippen molar-refractivity contribution in [1.82, 2.24) is 0 Å². The average molecular weight is 275 g/mol. The van der Waals surface area contributed by atoms with Crippen LogP contribution in [0.1, 0.15) is 55.3 Å². The first kappa shape index (κ1) is 13.6. The molecule has 20 heavy (non-hydrogen) atoms. The molecule has 1 aromatic rings. The van der Waals surface area contributed by atoms with Gasteiger partial charge in [0, 0.05) is 24.3 Å². The second-order valence-electron chi connectivity index (χ2n) is 6.37. The van der Waals surface area contributed by atoms with Crippen molar-refractivity contribution in [2.45, 2.75) is 44.9 Å². The minimum absolute atomic E-state index is 0.336. The zero-order valence-electron chi connectivity index (χ0n) is 11.9. The fourth-order valence-electron chi connectivity index (χ4n) is 3.93. The standard InChI is InChI=1S/C17H22FNO/c18-15-4-5-16(14(12-15)13-20)19-10-8-17(9-11-19)6-2-1-3-7-17/h4-5,12-13H,1-3,6-11H2. The van der Waals surface area contributed by atoms with E-state index in [4.69, 9.17) is 0 Å². The summed E-state index contributed by atoms with van der Waals surface area (Å²) in [5.74, 6) is -0.336. The summed E-state index contributed by atoms with van der Waals surface area (Å²) < 4.78 is 13.2. The Morgan fingerprint density at radius 2 is 1.75 bits per heavy atom. The van der Waals surface area contributed by atoms with Gasteiger partial charge in [0.1, 0.15) is 5.82 Å². The lowest BCUT2D eigenvalue weighted by Crippen LogP contribution is -2.41. The van der Waals surface area contributed by atoms with E-state index in [1.165, 1.54) is 57.1 Å². The van der Waals surface area contributed by atoms with Crippen LogP contribution >= 0.6 is 0 Å². The van der Waals surface area contributed by atoms with Crippen LogP contribution in [0.3, 0.4) is 0 Å². The fourth-order valence-corrected chi connectivity index (χ4v) is 3.93. The molecule has 2 nitrogen and oxygen atoms in total. The SMILES string of the molecule is O=Cc1cc(F)ccc1N1CCC2(CCCCC2)CC1. The molecule has 0 radical (unpaired) electrons. The summed E-state index contributed by atoms with van der Waals surface area (Å²) in [6.45, 7) is 1.99. The van der Waals surface area contributed by atoms with Crippen molar-refractivity contribution in [2.75, 3.05) is 18.0 Å². The maximum Gasteiger partial charge on any atom is 0.152 e. The Kier molecular flexibility index (Phi) is 3.77. The second-order valence-corrected chi connectivity index (χ2v) is 6.37. The van der Waals surface area contributed by atoms with Crippen molar-refractivity contribution in [2.24, 2.45) is 5.41 Å². The quantitative estimate of drug-likeness (QED) is 0.754. The van der Waals surface area contributed by atoms with E-state index < -0.39 is 0 Å². The summed E-state index contributed by atoms with van der Waals surface area (Å²) in [6, 6.07) is 4.54. The molecule has 1 saturated carbocycles. The third-order valence-corrected chi connectivity index (χ3v) is 5.20. The van der Waals surface area contributed by atoms with Crippen LogP contribution in [0.25, 0.3) is 0 Å². The van der Waals surface area contributed by atoms with E-state index >= 15 is 0 Å². The van der Waals surface area contributed by atoms with E-state index in [0.717, 1.165) is 25.1 Å². The second kappa shape index (κ2) is 5.55. The summed E-state index contributed by atoms with van der Waals surface area (Å²) in [6.07, 6.45) is 10.1. The summed E-state index contributed by atoms with van der Waals surface area (Å²) >= 11 is 0. The van der Waals surface area contributed by atoms with Gasteiger partial charge in [0.2, 0.25) is 0 Å². The molecule has 2 aliphatic rings. The van der Waals surface area contributed by atoms with E-state index in [1.54, 1.807) is 6.07 Å². The minimum Gasteiger partial charge on any atom is -0.371 e. The zero-order valence-corrected chi connectivity index (χ0v) is 11.9. The Labute approximate surface area is 120 Å². The lowest BCUT2D eigenvalue weighted by molar-refractivity contribution is 0.112. The van der Waals surface area contributed by atoms with Crippen LogP contribution in [0.4, 0.5) is 10.1 Å². The molecule has 0 amide bonds. The summed E-state index contributed by atoms with van der Waals surface area (Å²) in [7, 11) is 0. The van der Waals surface area contributed by atoms with Crippen LogP contribution in [-0.4, -0.2) is 19.4 Å². The van der Waals surface area contributed by atoms with Crippen molar-refractivity contribution in [3.63, 3.8) is 0 Å². The Morgan fingerprint density at radius 3 is 2.40 bits per heavy atom. The highest BCUT2D eigenvalue weighted by Crippen LogP contribution is 2.45. The molecular formula is C17H22FNO. The molecule has 0 atom stereocenters. The molecule has 1 aliphatic heterocycles. The zero-order chi connectivity index (χ0) is 14.0. The van der Waals surface area contributed by atoms with E-state index in [-0.39, 0.29) is 5.82 Å². The molecule has 1 spiro atoms. The van der Waals surface area contributed by atoms with Gasteiger partial charge in [-0.05, 0) is 49.3 Å². The van der Waals surface area contributed by atoms with Gasteiger partial charge in [0.15, 0.2) is 6.29 Å². The van der Waals surface area contributed by atoms with E-state index in [0.29, 0.717) is 11.0 Å². The van der Waals surface area contributed by atoms with Crippen molar-refractivity contribution < 1.29 is 9.18 Å². The number of hydrogen-bond acceptors (Lipinski definition) is 2. The molecule has 2 fully saturated rings. The van der Waals surface area contributed by atoms with Gasteiger partial charge in [-0.3, -0.25) is 4.79 Å². The minimum atomic E-state index is -0.336. The van der Waals surface area contributed by atoms with Gasteiger partial charge < -0.3 is 4.90 Å². The molecule has 0 aromatic heterocycles. The van der Waals surface area contributed by atoms with Gasteiger partial charge in [-0.25, -0.2) is 4.39 Å². The van der Waals surface area contributed by atoms with Gasteiger partial charge in [-0.15, -0.1) is 0 Å². The smallest absolute Gasteiger partial charge is 0.152 e. The average Bonchev–Trinajstić information content (AvgIpc) is 2.49. The molecule has 108 valence electrons. The van der Waals surface area contributed by atoms with Crippen LogP contribution in [0.15, 0.2) is 18.2 Å². The normalized spacial score (nSPS) is 21.9. The fraction of sp³-hybridized carbons (Fsp3) is 0.588. The Bertz CT molecular complexity index is 484. The van der Waals surface area contributed by atoms with Crippen LogP contribution in [0.5, 0.6) is 0 Å². The number of aldehydes is 1. The Morgan fingerprint density at radius 1 is 1.05 bits per heavy atom. The van der Waals surface area contributed by atoms with Gasteiger partial charge in [0.05, 0.1) is 0 Å². The van der Waals surface area contributed by atoms with E-state index in [2.05, 4.69) is 4.90 Å². The first-order chi connectivity index (χ1) is 9.72. The maximum absolute atomic E-state index is 13.2. The van der Waals surface area contributed by atoms with Gasteiger partial charge >= 0.3 is 0 Å². The van der Waals surface area contributed by atoms with Crippen LogP contribution in [-0.2, 0) is 0 Å². The summed E-state index contributed by atoms with van der Waals surface area (Å²) in [4.78, 5) is 13.4. The molecule has 0 bridgehead atoms. The van der Waals surface area contributed by atoms with Gasteiger partial charge in [0.25, 0.3) is 0 Å². The number of halogens is 1. The monoisotopic (exact) mass is 275 g/mol. The first-order valence-corrected chi connectivity index (χ1v) is 7.72. The van der Waals surface area contributed by atoms with Gasteiger partial charge in [-0.2, -0.15) is 0 Å². The molecular weight excluding hydrogens is 253 g/mol. The highest BCUT2D eigenvalue weighted by Gasteiger charge is 2.35. The molecule has 1 saturated heterocycles. The molecule has 1 aliphatic carbocycles. The van der Waals surface area contributed by atoms with Crippen LogP contribution in [0.2, 0.25) is 0 Å². The molecule has 1 heterocycles. The first-order valence-electron chi connectivity index (χ1n) is 7.72. The van der Waals surface area contributed by atoms with Crippen LogP contribution < -0.4 is 4.90 Å². The molecule has 0 N–H and O–H groups in total. The number of rotatable bonds is 2. The highest BCUT2D eigenvalue weighted by molar-refractivity contribution is 5.84. The predicted octanol–water partition coefficient (Wildman–Crippen LogP) is 4.19. The van der Waals surface area contributed by atoms with Crippen molar-refractivity contribution in [3.8, 4) is 0 Å². The van der Waals surface area contributed by atoms with Crippen molar-refractivity contribution >= 4 is 12.0 Å². The lowest BCUT2D eigenvalue weighted by atomic mass is 9.68. The van der Waals surface area contributed by atoms with E-state index in [9.17, 15) is 9.18 Å². The maximum atomic E-state index is 13.2. The predicted molar refractivity (Wildman–Crippen MR) is 78.8 cm³/mol. The third-order valence-electron chi connectivity index (χ3n) is 5.20.